The number of fused-ring (bicyclic) bond motifs is 1. The highest BCUT2D eigenvalue weighted by molar-refractivity contribution is 5.65. The predicted octanol–water partition coefficient (Wildman–Crippen LogP) is 3.14. The molecule has 0 aliphatic carbocycles. The highest BCUT2D eigenvalue weighted by Crippen LogP contribution is 2.43. The van der Waals surface area contributed by atoms with E-state index in [1.54, 1.807) is 5.01 Å². The van der Waals surface area contributed by atoms with Crippen molar-refractivity contribution < 1.29 is 19.3 Å². The SMILES string of the molecule is CO[C@@H]1c2ccccc2[C@H](OC)N1Nc1ccc([N+](=O)[O-])cc1[N+](=O)[O-]. The number of anilines is 1. The molecule has 0 fully saturated rings. The number of nitrogens with zero attached hydrogens (tertiary/aromatic N) is 3. The van der Waals surface area contributed by atoms with E-state index in [0.29, 0.717) is 0 Å². The van der Waals surface area contributed by atoms with Gasteiger partial charge in [0.1, 0.15) is 5.69 Å². The Kier molecular flexibility index (Phi) is 4.80. The van der Waals surface area contributed by atoms with Gasteiger partial charge in [0.05, 0.1) is 15.9 Å². The number of hydrazine groups is 1. The van der Waals surface area contributed by atoms with Crippen molar-refractivity contribution in [2.75, 3.05) is 19.6 Å². The summed E-state index contributed by atoms with van der Waals surface area (Å²) in [6.45, 7) is 0. The summed E-state index contributed by atoms with van der Waals surface area (Å²) in [6.07, 6.45) is -1.10. The highest BCUT2D eigenvalue weighted by atomic mass is 16.6. The van der Waals surface area contributed by atoms with Gasteiger partial charge in [-0.05, 0) is 6.07 Å². The van der Waals surface area contributed by atoms with E-state index in [0.717, 1.165) is 17.2 Å². The molecule has 0 saturated heterocycles. The fourth-order valence-corrected chi connectivity index (χ4v) is 3.00. The van der Waals surface area contributed by atoms with Gasteiger partial charge in [0.15, 0.2) is 12.5 Å². The van der Waals surface area contributed by atoms with Gasteiger partial charge in [-0.3, -0.25) is 20.2 Å². The summed E-state index contributed by atoms with van der Waals surface area (Å²) in [5, 5.41) is 23.8. The number of methoxy groups -OCH3 is 2. The molecule has 10 nitrogen and oxygen atoms in total. The molecule has 0 unspecified atom stereocenters. The van der Waals surface area contributed by atoms with Crippen LogP contribution in [-0.4, -0.2) is 29.1 Å². The molecule has 10 heteroatoms. The quantitative estimate of drug-likeness (QED) is 0.616. The van der Waals surface area contributed by atoms with Crippen LogP contribution in [0.15, 0.2) is 42.5 Å². The zero-order valence-corrected chi connectivity index (χ0v) is 14.0. The Balaban J connectivity index is 2.00. The lowest BCUT2D eigenvalue weighted by molar-refractivity contribution is -0.393. The van der Waals surface area contributed by atoms with Gasteiger partial charge in [0.25, 0.3) is 5.69 Å². The summed E-state index contributed by atoms with van der Waals surface area (Å²) >= 11 is 0. The fraction of sp³-hybridized carbons (Fsp3) is 0.250. The van der Waals surface area contributed by atoms with Gasteiger partial charge in [0, 0.05) is 31.4 Å². The Labute approximate surface area is 148 Å². The molecule has 1 heterocycles. The van der Waals surface area contributed by atoms with E-state index in [4.69, 9.17) is 9.47 Å². The topological polar surface area (TPSA) is 120 Å². The summed E-state index contributed by atoms with van der Waals surface area (Å²) in [6, 6.07) is 10.9. The molecular formula is C16H16N4O6. The van der Waals surface area contributed by atoms with Crippen LogP contribution in [-0.2, 0) is 9.47 Å². The number of nitro groups is 2. The second-order valence-electron chi connectivity index (χ2n) is 5.54. The molecule has 2 aromatic carbocycles. The highest BCUT2D eigenvalue weighted by Gasteiger charge is 2.40. The lowest BCUT2D eigenvalue weighted by Gasteiger charge is -2.29. The van der Waals surface area contributed by atoms with Crippen molar-refractivity contribution in [1.82, 2.24) is 5.01 Å². The van der Waals surface area contributed by atoms with Crippen LogP contribution >= 0.6 is 0 Å². The van der Waals surface area contributed by atoms with E-state index in [1.807, 2.05) is 24.3 Å². The molecule has 0 bridgehead atoms. The summed E-state index contributed by atoms with van der Waals surface area (Å²) in [7, 11) is 3.02. The predicted molar refractivity (Wildman–Crippen MR) is 91.2 cm³/mol. The van der Waals surface area contributed by atoms with E-state index in [9.17, 15) is 20.2 Å². The number of nitro benzene ring substituents is 2. The zero-order chi connectivity index (χ0) is 18.8. The first-order valence-electron chi connectivity index (χ1n) is 7.60. The Bertz CT molecular complexity index is 827. The van der Waals surface area contributed by atoms with Crippen LogP contribution in [0.25, 0.3) is 0 Å². The van der Waals surface area contributed by atoms with Crippen LogP contribution in [0, 0.1) is 20.2 Å². The maximum atomic E-state index is 11.4. The third-order valence-corrected chi connectivity index (χ3v) is 4.12. The number of ether oxygens (including phenoxy) is 2. The monoisotopic (exact) mass is 360 g/mol. The van der Waals surface area contributed by atoms with E-state index in [-0.39, 0.29) is 11.4 Å². The number of hydrogen-bond donors (Lipinski definition) is 1. The minimum Gasteiger partial charge on any atom is -0.360 e. The van der Waals surface area contributed by atoms with Crippen LogP contribution in [0.2, 0.25) is 0 Å². The summed E-state index contributed by atoms with van der Waals surface area (Å²) in [5.74, 6) is 0. The van der Waals surface area contributed by atoms with Crippen molar-refractivity contribution in [3.05, 3.63) is 73.8 Å². The molecule has 3 rings (SSSR count). The zero-order valence-electron chi connectivity index (χ0n) is 14.0. The molecule has 2 aromatic rings. The maximum Gasteiger partial charge on any atom is 0.300 e. The molecular weight excluding hydrogens is 344 g/mol. The number of hydrogen-bond acceptors (Lipinski definition) is 8. The van der Waals surface area contributed by atoms with Crippen molar-refractivity contribution in [3.63, 3.8) is 0 Å². The van der Waals surface area contributed by atoms with Crippen molar-refractivity contribution in [3.8, 4) is 0 Å². The first kappa shape index (κ1) is 17.7. The van der Waals surface area contributed by atoms with Crippen molar-refractivity contribution in [2.24, 2.45) is 0 Å². The second kappa shape index (κ2) is 7.04. The van der Waals surface area contributed by atoms with Gasteiger partial charge >= 0.3 is 5.69 Å². The number of benzene rings is 2. The third kappa shape index (κ3) is 2.96. The van der Waals surface area contributed by atoms with Crippen LogP contribution in [0.3, 0.4) is 0 Å². The molecule has 0 saturated carbocycles. The number of rotatable bonds is 6. The Morgan fingerprint density at radius 1 is 0.962 bits per heavy atom. The lowest BCUT2D eigenvalue weighted by Crippen LogP contribution is -2.34. The molecule has 26 heavy (non-hydrogen) atoms. The van der Waals surface area contributed by atoms with Gasteiger partial charge < -0.3 is 14.9 Å². The van der Waals surface area contributed by atoms with Crippen molar-refractivity contribution in [2.45, 2.75) is 12.5 Å². The fourth-order valence-electron chi connectivity index (χ4n) is 3.00. The van der Waals surface area contributed by atoms with Gasteiger partial charge in [0.2, 0.25) is 0 Å². The van der Waals surface area contributed by atoms with Crippen LogP contribution in [0.1, 0.15) is 23.6 Å². The lowest BCUT2D eigenvalue weighted by atomic mass is 10.1. The minimum atomic E-state index is -0.682. The summed E-state index contributed by atoms with van der Waals surface area (Å²) in [4.78, 5) is 20.9. The Morgan fingerprint density at radius 2 is 1.54 bits per heavy atom. The first-order valence-corrected chi connectivity index (χ1v) is 7.60. The minimum absolute atomic E-state index is 0.0949. The largest absolute Gasteiger partial charge is 0.360 e. The van der Waals surface area contributed by atoms with Gasteiger partial charge in [-0.25, -0.2) is 0 Å². The van der Waals surface area contributed by atoms with Crippen LogP contribution in [0.5, 0.6) is 0 Å². The molecule has 0 radical (unpaired) electrons. The average Bonchev–Trinajstić information content (AvgIpc) is 2.93. The molecule has 2 atom stereocenters. The van der Waals surface area contributed by atoms with E-state index in [1.165, 1.54) is 26.4 Å². The van der Waals surface area contributed by atoms with Gasteiger partial charge in [-0.1, -0.05) is 24.3 Å². The van der Waals surface area contributed by atoms with Crippen LogP contribution in [0.4, 0.5) is 17.1 Å². The van der Waals surface area contributed by atoms with Gasteiger partial charge in [-0.2, -0.15) is 5.01 Å². The Hall–Kier alpha value is -3.08. The Morgan fingerprint density at radius 3 is 2.00 bits per heavy atom. The average molecular weight is 360 g/mol. The number of nitrogens with one attached hydrogen (secondary N) is 1. The molecule has 0 aromatic heterocycles. The van der Waals surface area contributed by atoms with Crippen molar-refractivity contribution >= 4 is 17.1 Å². The first-order chi connectivity index (χ1) is 12.5. The molecule has 0 amide bonds. The summed E-state index contributed by atoms with van der Waals surface area (Å²) in [5.41, 5.74) is 3.96. The van der Waals surface area contributed by atoms with E-state index < -0.39 is 28.0 Å². The molecule has 136 valence electrons. The molecule has 1 aliphatic heterocycles. The molecule has 0 spiro atoms. The smallest absolute Gasteiger partial charge is 0.300 e. The van der Waals surface area contributed by atoms with E-state index in [2.05, 4.69) is 5.43 Å². The second-order valence-corrected chi connectivity index (χ2v) is 5.54. The van der Waals surface area contributed by atoms with E-state index >= 15 is 0 Å². The number of non-ortho nitro benzene ring substituents is 1. The van der Waals surface area contributed by atoms with Gasteiger partial charge in [-0.15, -0.1) is 0 Å². The van der Waals surface area contributed by atoms with Crippen molar-refractivity contribution in [1.29, 1.82) is 0 Å². The molecule has 1 aliphatic rings. The van der Waals surface area contributed by atoms with Crippen LogP contribution < -0.4 is 5.43 Å². The third-order valence-electron chi connectivity index (χ3n) is 4.12. The maximum absolute atomic E-state index is 11.4. The normalized spacial score (nSPS) is 19.2. The summed E-state index contributed by atoms with van der Waals surface area (Å²) < 4.78 is 11.0. The molecule has 1 N–H and O–H groups in total. The standard InChI is InChI=1S/C16H16N4O6/c1-25-15-11-5-3-4-6-12(11)16(26-2)18(15)17-13-8-7-10(19(21)22)9-14(13)20(23)24/h3-9,15-17H,1-2H3/t15-,16+.